The molecule has 19 rings (SSSR count). The smallest absolute Gasteiger partial charge is 0.458 e. The van der Waals surface area contributed by atoms with Gasteiger partial charge in [-0.25, -0.2) is 76.7 Å². The van der Waals surface area contributed by atoms with E-state index in [-0.39, 0.29) is 102 Å². The van der Waals surface area contributed by atoms with Crippen LogP contribution in [-0.4, -0.2) is 214 Å². The number of carbonyl (C=O) groups is 3. The lowest BCUT2D eigenvalue weighted by molar-refractivity contribution is -0.672. The molecule has 0 spiro atoms. The Morgan fingerprint density at radius 2 is 1.43 bits per heavy atom. The second kappa shape index (κ2) is 31.9. The van der Waals surface area contributed by atoms with E-state index in [2.05, 4.69) is 78.9 Å². The average molecular weight is 1570 g/mol. The number of ketones is 1. The molecule has 36 nitrogen and oxygen atoms in total. The Hall–Kier alpha value is -7.90. The minimum atomic E-state index is -1.27. The zero-order chi connectivity index (χ0) is 73.5. The van der Waals surface area contributed by atoms with Crippen molar-refractivity contribution in [3.63, 3.8) is 0 Å². The van der Waals surface area contributed by atoms with Crippen LogP contribution in [0.5, 0.6) is 0 Å². The first-order chi connectivity index (χ1) is 49.8. The number of aromatic nitrogens is 14. The number of nitrogen functional groups attached to an aromatic ring is 2. The molecule has 8 saturated heterocycles. The van der Waals surface area contributed by atoms with Gasteiger partial charge in [0.05, 0.1) is 82.4 Å². The minimum Gasteiger partial charge on any atom is -0.739 e. The summed E-state index contributed by atoms with van der Waals surface area (Å²) in [6, 6.07) is 6.31. The van der Waals surface area contributed by atoms with E-state index in [1.54, 1.807) is 29.9 Å². The summed E-state index contributed by atoms with van der Waals surface area (Å²) >= 11 is 13.3. The normalized spacial score (nSPS) is 27.7. The number of aliphatic hydroxyl groups is 3. The van der Waals surface area contributed by atoms with E-state index < -0.39 is 60.5 Å². The van der Waals surface area contributed by atoms with Crippen LogP contribution in [0.1, 0.15) is 74.0 Å². The number of imidazole rings is 1. The quantitative estimate of drug-likeness (QED) is 0.0208. The molecule has 11 aliphatic rings. The summed E-state index contributed by atoms with van der Waals surface area (Å²) in [4.78, 5) is 102. The number of fused-ring (bicyclic) bond motifs is 8. The highest BCUT2D eigenvalue weighted by atomic mass is 35.5. The van der Waals surface area contributed by atoms with Gasteiger partial charge in [-0.2, -0.15) is 0 Å². The molecule has 0 radical (unpaired) electrons. The molecule has 12 atom stereocenters. The molecule has 562 valence electrons. The molecule has 105 heavy (non-hydrogen) atoms. The van der Waals surface area contributed by atoms with Crippen molar-refractivity contribution in [3.8, 4) is 0 Å². The number of esters is 1. The minimum absolute atomic E-state index is 0. The Morgan fingerprint density at radius 3 is 1.98 bits per heavy atom. The second-order valence-electron chi connectivity index (χ2n) is 26.7. The number of nitrogens with zero attached hydrogens (tertiary/aromatic N) is 15. The van der Waals surface area contributed by atoms with Gasteiger partial charge < -0.3 is 70.9 Å². The van der Waals surface area contributed by atoms with Crippen LogP contribution in [0.25, 0.3) is 32.5 Å². The van der Waals surface area contributed by atoms with Crippen molar-refractivity contribution in [2.24, 2.45) is 28.9 Å². The highest BCUT2D eigenvalue weighted by molar-refractivity contribution is 8.11. The van der Waals surface area contributed by atoms with Crippen LogP contribution in [0.3, 0.4) is 0 Å². The lowest BCUT2D eigenvalue weighted by atomic mass is 9.49. The van der Waals surface area contributed by atoms with Gasteiger partial charge >= 0.3 is 29.0 Å². The molecule has 8 aliphatic heterocycles. The summed E-state index contributed by atoms with van der Waals surface area (Å²) in [5, 5.41) is 55.7. The van der Waals surface area contributed by atoms with Gasteiger partial charge in [0.2, 0.25) is 11.0 Å². The molecule has 0 unspecified atom stereocenters. The van der Waals surface area contributed by atoms with Gasteiger partial charge in [0.1, 0.15) is 69.4 Å². The van der Waals surface area contributed by atoms with Crippen LogP contribution in [0, 0.1) is 38.2 Å². The highest BCUT2D eigenvalue weighted by Crippen LogP contribution is 2.65. The summed E-state index contributed by atoms with van der Waals surface area (Å²) in [5.74, 6) is 1.04. The van der Waals surface area contributed by atoms with Gasteiger partial charge in [-0.05, 0) is 80.9 Å². The number of para-hydroxylation sites is 2. The van der Waals surface area contributed by atoms with Crippen molar-refractivity contribution in [1.29, 1.82) is 0 Å². The van der Waals surface area contributed by atoms with E-state index in [9.17, 15) is 49.4 Å². The number of primary amides is 1. The molecular formula is C63H78ClN20O16PS4. The van der Waals surface area contributed by atoms with Crippen molar-refractivity contribution in [2.75, 3.05) is 77.2 Å². The van der Waals surface area contributed by atoms with Gasteiger partial charge in [0.15, 0.2) is 21.6 Å². The number of halogens is 1. The number of H-pyrrole nitrogens is 2. The number of nitrogens with two attached hydrogens (primary N) is 3. The molecule has 2 saturated carbocycles. The van der Waals surface area contributed by atoms with Crippen molar-refractivity contribution >= 4 is 128 Å². The Kier molecular flexibility index (Phi) is 23.3. The topological polar surface area (TPSA) is 497 Å². The third kappa shape index (κ3) is 17.3. The number of amides is 1. The number of benzene rings is 1. The summed E-state index contributed by atoms with van der Waals surface area (Å²) in [5.41, 5.74) is 19.5. The molecule has 0 bridgehead atoms. The first-order valence-electron chi connectivity index (χ1n) is 33.6. The Bertz CT molecular complexity index is 4720. The Labute approximate surface area is 621 Å². The number of carbonyl (C=O) groups excluding carboxylic acids is 3. The summed E-state index contributed by atoms with van der Waals surface area (Å²) in [7, 11) is 0. The number of rotatable bonds is 12. The number of hydrogen-bond acceptors (Lipinski definition) is 29. The number of hydrogen-bond donors (Lipinski definition) is 8. The first kappa shape index (κ1) is 76.7. The van der Waals surface area contributed by atoms with Gasteiger partial charge in [-0.1, -0.05) is 42.9 Å². The lowest BCUT2D eigenvalue weighted by Crippen LogP contribution is -2.56. The maximum Gasteiger partial charge on any atom is 0.458 e. The van der Waals surface area contributed by atoms with E-state index in [1.165, 1.54) is 86.3 Å². The van der Waals surface area contributed by atoms with Crippen molar-refractivity contribution in [3.05, 3.63) is 135 Å². The van der Waals surface area contributed by atoms with E-state index in [1.807, 2.05) is 6.08 Å². The third-order valence-corrected chi connectivity index (χ3v) is 27.1. The molecule has 11 N–H and O–H groups in total. The zero-order valence-electron chi connectivity index (χ0n) is 56.7. The van der Waals surface area contributed by atoms with E-state index in [0.717, 1.165) is 67.5 Å². The monoisotopic (exact) mass is 1560 g/mol. The van der Waals surface area contributed by atoms with Crippen molar-refractivity contribution < 1.29 is 63.0 Å². The standard InChI is InChI=1S/C19H24O3.C12H15N3O6.C9H12N2O5S.C7H6N4O2.C6H12N3PS.C5H5N5S.C5H3N3S.ClH/c1-18-9-7-13(20)11-12(18)3-4-14-15(18)8-10-19(2)16(14)5-6-17(21)22-19;16-10-13(1-7-4-19-7)11(17)15(3-9-6-21-9)12(18)14(10)2-8-5-20-8;10-8(15)3-2-17-9(11-3)7-6(14)5(13)4(1-12)16-7;8-7-9-11(13)6-4-2-1-3-5(6)10(7)12;11-10(7-1-2-7,8-3-4-8)9-5-6-9;6-5-9-3-2(4(11)10-5)7-1-8-3;1-4-5(7-2-6-1)9-3-8-4;/h7,9,11,14-16H,3-6,8,10H2,1-2H3;7-9H,1-6H2;2,4-7,12-14H,1H2,(H2,10,15);1-4H,(H2,8,9);1-6H2;1H,(H4,6,7,8,9,10,11);1-3H;1H/t14-,15+,16+,18+,19+;7-,8-,9+;4-,5-,6-,7-;;;;;/m101...../s1. The number of thiazole rings is 2. The molecule has 8 aromatic rings. The Balaban J connectivity index is 0.000000117. The maximum atomic E-state index is 12.4. The van der Waals surface area contributed by atoms with Crippen LogP contribution >= 0.6 is 53.8 Å². The zero-order valence-corrected chi connectivity index (χ0v) is 61.7. The third-order valence-electron chi connectivity index (χ3n) is 19.6. The number of allylic oxidation sites excluding steroid dienone is 4. The number of epoxide rings is 3. The van der Waals surface area contributed by atoms with Gasteiger partial charge in [0.25, 0.3) is 11.4 Å². The van der Waals surface area contributed by atoms with Crippen LogP contribution in [0.2, 0.25) is 0 Å². The van der Waals surface area contributed by atoms with Crippen molar-refractivity contribution in [2.45, 2.75) is 120 Å². The molecule has 1 amide bonds. The van der Waals surface area contributed by atoms with Crippen LogP contribution in [0.15, 0.2) is 92.2 Å². The van der Waals surface area contributed by atoms with Crippen molar-refractivity contribution in [1.82, 2.24) is 72.7 Å². The number of aliphatic hydroxyl groups excluding tert-OH is 3. The second-order valence-corrected chi connectivity index (χ2v) is 33.0. The Morgan fingerprint density at radius 1 is 0.819 bits per heavy atom. The predicted octanol–water partition coefficient (Wildman–Crippen LogP) is 0.701. The van der Waals surface area contributed by atoms with Crippen LogP contribution < -0.4 is 43.8 Å². The first-order valence-corrected chi connectivity index (χ1v) is 38.4. The van der Waals surface area contributed by atoms with Gasteiger partial charge in [-0.3, -0.25) is 20.1 Å². The predicted molar refractivity (Wildman–Crippen MR) is 388 cm³/mol. The van der Waals surface area contributed by atoms with E-state index in [4.69, 9.17) is 70.0 Å². The largest absolute Gasteiger partial charge is 0.739 e. The maximum absolute atomic E-state index is 12.4. The summed E-state index contributed by atoms with van der Waals surface area (Å²) in [6.45, 7) is 12.4. The molecule has 10 fully saturated rings. The fourth-order valence-corrected chi connectivity index (χ4v) is 19.8. The molecule has 3 aliphatic carbocycles. The fraction of sp³-hybridized carbons (Fsp3) is 0.524. The lowest BCUT2D eigenvalue weighted by Gasteiger charge is -2.58. The number of nitrogens with one attached hydrogen (secondary N) is 2. The summed E-state index contributed by atoms with van der Waals surface area (Å²) < 4.78 is 37.8. The number of ether oxygens (including phenoxy) is 5. The molecule has 15 heterocycles. The van der Waals surface area contributed by atoms with E-state index >= 15 is 0 Å². The highest BCUT2D eigenvalue weighted by Gasteiger charge is 2.57. The number of anilines is 2. The van der Waals surface area contributed by atoms with Gasteiger partial charge in [-0.15, -0.1) is 35.1 Å². The molecule has 7 aromatic heterocycles. The molecular weight excluding hydrogens is 1490 g/mol. The van der Waals surface area contributed by atoms with Crippen LogP contribution in [-0.2, 0) is 64.7 Å². The number of aromatic amines is 2. The van der Waals surface area contributed by atoms with Gasteiger partial charge in [0, 0.05) is 73.3 Å². The SMILES string of the molecule is C[C@]12C=CC(=O)C=C1CC[C@@H]1[C@@H]2CC[C@]2(C)OC(=O)CC[C@@H]12.Cl.NC(=O)c1csc([C@@H]2O[C@H](CO)[C@@H](O)[C@H]2O)n1.Nc1n[n+]([O-])c2ccccc2[n+]1[O-].Nc1nc(=S)c2[nH]cnc2[nH]1.O=c1n(C[C@H]2CO2)c(=O)n(C[C@@H]2CO2)c(=O)n1C[C@H]1CO1.S=P(N1CC1)(N1CC1)N1CC1.c1ncc2ncsc2n1. The molecule has 42 heteroatoms. The van der Waals surface area contributed by atoms with E-state index in [0.29, 0.717) is 74.4 Å². The molecule has 1 aromatic carbocycles. The van der Waals surface area contributed by atoms with Crippen LogP contribution in [0.4, 0.5) is 11.9 Å². The fourth-order valence-electron chi connectivity index (χ4n) is 13.7. The summed E-state index contributed by atoms with van der Waals surface area (Å²) in [6.07, 6.45) is 11.8. The average Bonchev–Trinajstić information content (AvgIpc) is 1.58.